The predicted molar refractivity (Wildman–Crippen MR) is 84.6 cm³/mol. The molecule has 0 spiro atoms. The van der Waals surface area contributed by atoms with E-state index in [2.05, 4.69) is 10.3 Å². The van der Waals surface area contributed by atoms with Gasteiger partial charge in [-0.2, -0.15) is 11.8 Å². The monoisotopic (exact) mass is 317 g/mol. The molecule has 112 valence electrons. The van der Waals surface area contributed by atoms with Crippen LogP contribution < -0.4 is 10.2 Å². The standard InChI is InChI=1S/C13H20ClN3O2S/c1-17(12-4-3-11(14)9-16-12)10-13(19)15-5-8-20-7-2-6-18/h3-4,9,18H,2,5-8,10H2,1H3,(H,15,19). The van der Waals surface area contributed by atoms with Crippen LogP contribution in [0.25, 0.3) is 0 Å². The highest BCUT2D eigenvalue weighted by atomic mass is 35.5. The molecule has 2 N–H and O–H groups in total. The second kappa shape index (κ2) is 9.85. The topological polar surface area (TPSA) is 65.5 Å². The third-order valence-corrected chi connectivity index (χ3v) is 3.79. The van der Waals surface area contributed by atoms with Gasteiger partial charge in [-0.3, -0.25) is 4.79 Å². The molecule has 0 saturated carbocycles. The van der Waals surface area contributed by atoms with Gasteiger partial charge in [0, 0.05) is 32.1 Å². The van der Waals surface area contributed by atoms with Crippen molar-refractivity contribution in [1.82, 2.24) is 10.3 Å². The summed E-state index contributed by atoms with van der Waals surface area (Å²) in [7, 11) is 1.81. The molecule has 0 fully saturated rings. The highest BCUT2D eigenvalue weighted by Gasteiger charge is 2.07. The Morgan fingerprint density at radius 2 is 2.30 bits per heavy atom. The number of nitrogens with one attached hydrogen (secondary N) is 1. The SMILES string of the molecule is CN(CC(=O)NCCSCCCO)c1ccc(Cl)cn1. The van der Waals surface area contributed by atoms with E-state index in [1.165, 1.54) is 0 Å². The van der Waals surface area contributed by atoms with Gasteiger partial charge in [-0.15, -0.1) is 0 Å². The number of halogens is 1. The molecule has 0 aliphatic heterocycles. The first-order chi connectivity index (χ1) is 9.63. The normalized spacial score (nSPS) is 10.3. The summed E-state index contributed by atoms with van der Waals surface area (Å²) in [5, 5.41) is 12.1. The molecular formula is C13H20ClN3O2S. The fourth-order valence-electron chi connectivity index (χ4n) is 1.48. The number of likely N-dealkylation sites (N-methyl/N-ethyl adjacent to an activating group) is 1. The van der Waals surface area contributed by atoms with Crippen molar-refractivity contribution in [2.45, 2.75) is 6.42 Å². The fraction of sp³-hybridized carbons (Fsp3) is 0.538. The lowest BCUT2D eigenvalue weighted by atomic mass is 10.4. The number of nitrogens with zero attached hydrogens (tertiary/aromatic N) is 2. The molecule has 20 heavy (non-hydrogen) atoms. The minimum Gasteiger partial charge on any atom is -0.396 e. The van der Waals surface area contributed by atoms with Crippen molar-refractivity contribution in [2.75, 3.05) is 43.1 Å². The van der Waals surface area contributed by atoms with Crippen LogP contribution >= 0.6 is 23.4 Å². The number of hydrogen-bond donors (Lipinski definition) is 2. The Balaban J connectivity index is 2.19. The van der Waals surface area contributed by atoms with Crippen molar-refractivity contribution in [3.05, 3.63) is 23.4 Å². The number of thioether (sulfide) groups is 1. The molecule has 0 aliphatic rings. The quantitative estimate of drug-likeness (QED) is 0.674. The van der Waals surface area contributed by atoms with E-state index in [1.54, 1.807) is 35.0 Å². The average molecular weight is 318 g/mol. The van der Waals surface area contributed by atoms with Crippen LogP contribution in [0.4, 0.5) is 5.82 Å². The Morgan fingerprint density at radius 1 is 1.50 bits per heavy atom. The molecule has 7 heteroatoms. The zero-order valence-electron chi connectivity index (χ0n) is 11.5. The maximum Gasteiger partial charge on any atom is 0.239 e. The minimum atomic E-state index is -0.0352. The molecule has 1 rings (SSSR count). The highest BCUT2D eigenvalue weighted by molar-refractivity contribution is 7.99. The number of aliphatic hydroxyl groups excluding tert-OH is 1. The van der Waals surface area contributed by atoms with Gasteiger partial charge in [0.15, 0.2) is 0 Å². The van der Waals surface area contributed by atoms with E-state index in [4.69, 9.17) is 16.7 Å². The summed E-state index contributed by atoms with van der Waals surface area (Å²) in [6.45, 7) is 1.12. The Labute approximate surface area is 128 Å². The lowest BCUT2D eigenvalue weighted by molar-refractivity contribution is -0.119. The molecule has 0 atom stereocenters. The van der Waals surface area contributed by atoms with Crippen LogP contribution in [0.1, 0.15) is 6.42 Å². The number of amides is 1. The Bertz CT molecular complexity index is 403. The summed E-state index contributed by atoms with van der Waals surface area (Å²) in [5.74, 6) is 2.45. The van der Waals surface area contributed by atoms with Crippen molar-refractivity contribution in [1.29, 1.82) is 0 Å². The Kier molecular flexibility index (Phi) is 8.41. The third kappa shape index (κ3) is 6.98. The maximum absolute atomic E-state index is 11.7. The molecule has 0 radical (unpaired) electrons. The number of pyridine rings is 1. The fourth-order valence-corrected chi connectivity index (χ4v) is 2.37. The molecule has 0 aromatic carbocycles. The summed E-state index contributed by atoms with van der Waals surface area (Å²) in [4.78, 5) is 17.6. The zero-order valence-corrected chi connectivity index (χ0v) is 13.1. The molecule has 0 saturated heterocycles. The minimum absolute atomic E-state index is 0.0352. The first-order valence-electron chi connectivity index (χ1n) is 6.41. The molecule has 5 nitrogen and oxygen atoms in total. The van der Waals surface area contributed by atoms with Gasteiger partial charge < -0.3 is 15.3 Å². The summed E-state index contributed by atoms with van der Waals surface area (Å²) >= 11 is 7.49. The van der Waals surface area contributed by atoms with Crippen LogP contribution in [0.5, 0.6) is 0 Å². The highest BCUT2D eigenvalue weighted by Crippen LogP contribution is 2.12. The molecule has 0 unspecified atom stereocenters. The zero-order chi connectivity index (χ0) is 14.8. The summed E-state index contributed by atoms with van der Waals surface area (Å²) in [6.07, 6.45) is 2.35. The molecule has 1 aromatic heterocycles. The third-order valence-electron chi connectivity index (χ3n) is 2.50. The van der Waals surface area contributed by atoms with E-state index in [1.807, 2.05) is 7.05 Å². The van der Waals surface area contributed by atoms with Gasteiger partial charge in [-0.1, -0.05) is 11.6 Å². The number of carbonyl (C=O) groups excluding carboxylic acids is 1. The van der Waals surface area contributed by atoms with Gasteiger partial charge in [0.05, 0.1) is 11.6 Å². The van der Waals surface area contributed by atoms with E-state index in [0.29, 0.717) is 17.4 Å². The number of aliphatic hydroxyl groups is 1. The first-order valence-corrected chi connectivity index (χ1v) is 7.94. The van der Waals surface area contributed by atoms with E-state index in [9.17, 15) is 4.79 Å². The van der Waals surface area contributed by atoms with Gasteiger partial charge in [-0.05, 0) is 24.3 Å². The smallest absolute Gasteiger partial charge is 0.239 e. The van der Waals surface area contributed by atoms with Crippen molar-refractivity contribution < 1.29 is 9.90 Å². The van der Waals surface area contributed by atoms with Crippen molar-refractivity contribution in [3.63, 3.8) is 0 Å². The lowest BCUT2D eigenvalue weighted by Gasteiger charge is -2.17. The summed E-state index contributed by atoms with van der Waals surface area (Å²) in [6, 6.07) is 3.52. The molecule has 1 amide bonds. The van der Waals surface area contributed by atoms with Gasteiger partial charge in [0.1, 0.15) is 5.82 Å². The van der Waals surface area contributed by atoms with Crippen LogP contribution in [0.2, 0.25) is 5.02 Å². The van der Waals surface area contributed by atoms with Crippen LogP contribution in [0.3, 0.4) is 0 Å². The Morgan fingerprint density at radius 3 is 2.95 bits per heavy atom. The van der Waals surface area contributed by atoms with Gasteiger partial charge >= 0.3 is 0 Å². The van der Waals surface area contributed by atoms with Crippen molar-refractivity contribution in [2.24, 2.45) is 0 Å². The second-order valence-electron chi connectivity index (χ2n) is 4.23. The summed E-state index contributed by atoms with van der Waals surface area (Å²) in [5.41, 5.74) is 0. The first kappa shape index (κ1) is 17.1. The van der Waals surface area contributed by atoms with Gasteiger partial charge in [-0.25, -0.2) is 4.98 Å². The second-order valence-corrected chi connectivity index (χ2v) is 5.89. The molecular weight excluding hydrogens is 298 g/mol. The number of aromatic nitrogens is 1. The van der Waals surface area contributed by atoms with Gasteiger partial charge in [0.2, 0.25) is 5.91 Å². The van der Waals surface area contributed by atoms with Crippen LogP contribution in [0, 0.1) is 0 Å². The van der Waals surface area contributed by atoms with E-state index in [0.717, 1.165) is 17.9 Å². The molecule has 1 heterocycles. The van der Waals surface area contributed by atoms with E-state index >= 15 is 0 Å². The number of carbonyl (C=O) groups is 1. The molecule has 0 aliphatic carbocycles. The largest absolute Gasteiger partial charge is 0.396 e. The van der Waals surface area contributed by atoms with Crippen molar-refractivity contribution in [3.8, 4) is 0 Å². The average Bonchev–Trinajstić information content (AvgIpc) is 2.43. The maximum atomic E-state index is 11.7. The number of rotatable bonds is 9. The number of hydrogen-bond acceptors (Lipinski definition) is 5. The lowest BCUT2D eigenvalue weighted by Crippen LogP contribution is -2.36. The van der Waals surface area contributed by atoms with Crippen LogP contribution in [0.15, 0.2) is 18.3 Å². The Hall–Kier alpha value is -0.980. The van der Waals surface area contributed by atoms with E-state index in [-0.39, 0.29) is 19.1 Å². The van der Waals surface area contributed by atoms with E-state index < -0.39 is 0 Å². The van der Waals surface area contributed by atoms with Crippen molar-refractivity contribution >= 4 is 35.1 Å². The van der Waals surface area contributed by atoms with Crippen LogP contribution in [-0.4, -0.2) is 54.2 Å². The number of anilines is 1. The summed E-state index contributed by atoms with van der Waals surface area (Å²) < 4.78 is 0. The molecule has 0 bridgehead atoms. The predicted octanol–water partition coefficient (Wildman–Crippen LogP) is 1.40. The molecule has 1 aromatic rings. The van der Waals surface area contributed by atoms with Gasteiger partial charge in [0.25, 0.3) is 0 Å². The van der Waals surface area contributed by atoms with Crippen LogP contribution in [-0.2, 0) is 4.79 Å².